The molecular weight excluding hydrogens is 260 g/mol. The molecule has 0 radical (unpaired) electrons. The Morgan fingerprint density at radius 1 is 1.35 bits per heavy atom. The van der Waals surface area contributed by atoms with Crippen LogP contribution in [0.4, 0.5) is 0 Å². The third-order valence-electron chi connectivity index (χ3n) is 3.10. The number of methoxy groups -OCH3 is 1. The number of hydrogen-bond acceptors (Lipinski definition) is 4. The summed E-state index contributed by atoms with van der Waals surface area (Å²) in [6.45, 7) is 0. The molecule has 1 aliphatic rings. The fourth-order valence-electron chi connectivity index (χ4n) is 2.01. The van der Waals surface area contributed by atoms with Crippen LogP contribution in [0.5, 0.6) is 5.75 Å². The van der Waals surface area contributed by atoms with Gasteiger partial charge in [-0.3, -0.25) is 19.7 Å². The lowest BCUT2D eigenvalue weighted by molar-refractivity contribution is -0.137. The fourth-order valence-corrected chi connectivity index (χ4v) is 2.01. The maximum absolute atomic E-state index is 11.9. The maximum atomic E-state index is 11.9. The van der Waals surface area contributed by atoms with Gasteiger partial charge in [0.2, 0.25) is 17.7 Å². The van der Waals surface area contributed by atoms with Crippen LogP contribution in [-0.2, 0) is 20.8 Å². The summed E-state index contributed by atoms with van der Waals surface area (Å²) in [4.78, 5) is 34.4. The second-order valence-corrected chi connectivity index (χ2v) is 4.60. The number of carbonyl (C=O) groups is 3. The number of carbonyl (C=O) groups excluding carboxylic acids is 3. The van der Waals surface area contributed by atoms with E-state index in [1.54, 1.807) is 31.4 Å². The van der Waals surface area contributed by atoms with Crippen molar-refractivity contribution in [3.8, 4) is 5.75 Å². The van der Waals surface area contributed by atoms with Gasteiger partial charge in [0.05, 0.1) is 13.5 Å². The SMILES string of the molecule is COc1ccc(CC(=O)N[C@@H]2CCC(=O)NC2=O)cc1. The van der Waals surface area contributed by atoms with Crippen molar-refractivity contribution < 1.29 is 19.1 Å². The van der Waals surface area contributed by atoms with Gasteiger partial charge in [0, 0.05) is 6.42 Å². The second kappa shape index (κ2) is 6.18. The average Bonchev–Trinajstić information content (AvgIpc) is 2.43. The molecule has 0 spiro atoms. The van der Waals surface area contributed by atoms with Crippen LogP contribution in [0.25, 0.3) is 0 Å². The highest BCUT2D eigenvalue weighted by Gasteiger charge is 2.27. The topological polar surface area (TPSA) is 84.5 Å². The fraction of sp³-hybridized carbons (Fsp3) is 0.357. The Morgan fingerprint density at radius 3 is 2.65 bits per heavy atom. The van der Waals surface area contributed by atoms with Gasteiger partial charge in [0.1, 0.15) is 11.8 Å². The first-order valence-corrected chi connectivity index (χ1v) is 6.34. The number of ether oxygens (including phenoxy) is 1. The first-order chi connectivity index (χ1) is 9.58. The lowest BCUT2D eigenvalue weighted by Gasteiger charge is -2.21. The van der Waals surface area contributed by atoms with E-state index in [0.717, 1.165) is 11.3 Å². The lowest BCUT2D eigenvalue weighted by atomic mass is 10.1. The molecule has 6 nitrogen and oxygen atoms in total. The molecule has 1 heterocycles. The summed E-state index contributed by atoms with van der Waals surface area (Å²) in [6, 6.07) is 6.51. The molecular formula is C14H16N2O4. The molecule has 1 aliphatic heterocycles. The Bertz CT molecular complexity index is 524. The van der Waals surface area contributed by atoms with Gasteiger partial charge in [0.25, 0.3) is 0 Å². The van der Waals surface area contributed by atoms with Crippen LogP contribution < -0.4 is 15.4 Å². The zero-order valence-corrected chi connectivity index (χ0v) is 11.1. The zero-order chi connectivity index (χ0) is 14.5. The molecule has 0 bridgehead atoms. The molecule has 0 aromatic heterocycles. The van der Waals surface area contributed by atoms with Crippen LogP contribution in [0.15, 0.2) is 24.3 Å². The molecule has 1 saturated heterocycles. The van der Waals surface area contributed by atoms with Crippen LogP contribution in [0, 0.1) is 0 Å². The van der Waals surface area contributed by atoms with E-state index in [-0.39, 0.29) is 24.7 Å². The number of hydrogen-bond donors (Lipinski definition) is 2. The molecule has 2 rings (SSSR count). The Kier molecular flexibility index (Phi) is 4.34. The Balaban J connectivity index is 1.88. The number of amides is 3. The molecule has 2 N–H and O–H groups in total. The van der Waals surface area contributed by atoms with Gasteiger partial charge < -0.3 is 10.1 Å². The normalized spacial score (nSPS) is 18.4. The van der Waals surface area contributed by atoms with E-state index in [1.807, 2.05) is 0 Å². The molecule has 20 heavy (non-hydrogen) atoms. The number of rotatable bonds is 4. The summed E-state index contributed by atoms with van der Waals surface area (Å²) in [5, 5.41) is 4.84. The van der Waals surface area contributed by atoms with E-state index >= 15 is 0 Å². The maximum Gasteiger partial charge on any atom is 0.249 e. The van der Waals surface area contributed by atoms with Crippen molar-refractivity contribution >= 4 is 17.7 Å². The predicted octanol–water partition coefficient (Wildman–Crippen LogP) is 0.159. The van der Waals surface area contributed by atoms with Gasteiger partial charge in [-0.25, -0.2) is 0 Å². The lowest BCUT2D eigenvalue weighted by Crippen LogP contribution is -2.52. The summed E-state index contributed by atoms with van der Waals surface area (Å²) in [5.41, 5.74) is 0.829. The smallest absolute Gasteiger partial charge is 0.249 e. The van der Waals surface area contributed by atoms with Gasteiger partial charge in [-0.05, 0) is 24.1 Å². The van der Waals surface area contributed by atoms with Crippen LogP contribution in [-0.4, -0.2) is 30.9 Å². The van der Waals surface area contributed by atoms with E-state index in [4.69, 9.17) is 4.74 Å². The molecule has 6 heteroatoms. The molecule has 3 amide bonds. The highest BCUT2D eigenvalue weighted by Crippen LogP contribution is 2.12. The van der Waals surface area contributed by atoms with Gasteiger partial charge in [-0.15, -0.1) is 0 Å². The third-order valence-corrected chi connectivity index (χ3v) is 3.10. The van der Waals surface area contributed by atoms with Crippen LogP contribution in [0.2, 0.25) is 0 Å². The average molecular weight is 276 g/mol. The molecule has 1 atom stereocenters. The summed E-state index contributed by atoms with van der Waals surface area (Å²) < 4.78 is 5.03. The molecule has 0 unspecified atom stereocenters. The molecule has 106 valence electrons. The summed E-state index contributed by atoms with van der Waals surface area (Å²) in [5.74, 6) is -0.260. The van der Waals surface area contributed by atoms with Crippen LogP contribution in [0.1, 0.15) is 18.4 Å². The molecule has 1 aromatic carbocycles. The first-order valence-electron chi connectivity index (χ1n) is 6.34. The number of nitrogens with one attached hydrogen (secondary N) is 2. The number of piperidine rings is 1. The zero-order valence-electron chi connectivity index (χ0n) is 11.1. The monoisotopic (exact) mass is 276 g/mol. The van der Waals surface area contributed by atoms with Crippen molar-refractivity contribution in [2.75, 3.05) is 7.11 Å². The Hall–Kier alpha value is -2.37. The van der Waals surface area contributed by atoms with Crippen LogP contribution >= 0.6 is 0 Å². The molecule has 1 aromatic rings. The van der Waals surface area contributed by atoms with Crippen molar-refractivity contribution in [2.24, 2.45) is 0 Å². The van der Waals surface area contributed by atoms with Crippen molar-refractivity contribution in [3.63, 3.8) is 0 Å². The highest BCUT2D eigenvalue weighted by atomic mass is 16.5. The first kappa shape index (κ1) is 14.0. The van der Waals surface area contributed by atoms with Gasteiger partial charge >= 0.3 is 0 Å². The minimum Gasteiger partial charge on any atom is -0.497 e. The van der Waals surface area contributed by atoms with E-state index in [1.165, 1.54) is 0 Å². The van der Waals surface area contributed by atoms with Crippen molar-refractivity contribution in [2.45, 2.75) is 25.3 Å². The van der Waals surface area contributed by atoms with Gasteiger partial charge in [0.15, 0.2) is 0 Å². The van der Waals surface area contributed by atoms with Crippen molar-refractivity contribution in [3.05, 3.63) is 29.8 Å². The standard InChI is InChI=1S/C14H16N2O4/c1-20-10-4-2-9(3-5-10)8-13(18)15-11-6-7-12(17)16-14(11)19/h2-5,11H,6-8H2,1H3,(H,15,18)(H,16,17,19)/t11-/m1/s1. The quantitative estimate of drug-likeness (QED) is 0.767. The molecule has 0 saturated carbocycles. The highest BCUT2D eigenvalue weighted by molar-refractivity contribution is 6.01. The van der Waals surface area contributed by atoms with Gasteiger partial charge in [-0.1, -0.05) is 12.1 Å². The third kappa shape index (κ3) is 3.57. The van der Waals surface area contributed by atoms with Gasteiger partial charge in [-0.2, -0.15) is 0 Å². The van der Waals surface area contributed by atoms with E-state index < -0.39 is 11.9 Å². The summed E-state index contributed by atoms with van der Waals surface area (Å²) >= 11 is 0. The Labute approximate surface area is 116 Å². The van der Waals surface area contributed by atoms with Crippen LogP contribution in [0.3, 0.4) is 0 Å². The minimum atomic E-state index is -0.626. The largest absolute Gasteiger partial charge is 0.497 e. The molecule has 1 fully saturated rings. The summed E-state index contributed by atoms with van der Waals surface area (Å²) in [6.07, 6.45) is 0.778. The Morgan fingerprint density at radius 2 is 2.05 bits per heavy atom. The molecule has 0 aliphatic carbocycles. The number of benzene rings is 1. The van der Waals surface area contributed by atoms with E-state index in [2.05, 4.69) is 10.6 Å². The van der Waals surface area contributed by atoms with E-state index in [9.17, 15) is 14.4 Å². The minimum absolute atomic E-state index is 0.182. The summed E-state index contributed by atoms with van der Waals surface area (Å²) in [7, 11) is 1.57. The van der Waals surface area contributed by atoms with E-state index in [0.29, 0.717) is 6.42 Å². The van der Waals surface area contributed by atoms with Crippen molar-refractivity contribution in [1.29, 1.82) is 0 Å². The van der Waals surface area contributed by atoms with Crippen molar-refractivity contribution in [1.82, 2.24) is 10.6 Å². The number of imide groups is 1. The predicted molar refractivity (Wildman–Crippen MR) is 71.0 cm³/mol. The second-order valence-electron chi connectivity index (χ2n) is 4.60.